The third-order valence-electron chi connectivity index (χ3n) is 1.95. The maximum absolute atomic E-state index is 11.2. The summed E-state index contributed by atoms with van der Waals surface area (Å²) in [6.45, 7) is 7.44. The van der Waals surface area contributed by atoms with Gasteiger partial charge in [0.2, 0.25) is 0 Å². The molecule has 0 aliphatic rings. The number of allylic oxidation sites excluding steroid dienone is 1. The lowest BCUT2D eigenvalue weighted by Gasteiger charge is -2.20. The lowest BCUT2D eigenvalue weighted by molar-refractivity contribution is -0.151. The van der Waals surface area contributed by atoms with Gasteiger partial charge in [-0.2, -0.15) is 0 Å². The number of carbonyl (C=O) groups excluding carboxylic acids is 1. The van der Waals surface area contributed by atoms with Gasteiger partial charge in [0.25, 0.3) is 0 Å². The Hall–Kier alpha value is -0.790. The van der Waals surface area contributed by atoms with Crippen LogP contribution in [0.15, 0.2) is 12.7 Å². The van der Waals surface area contributed by atoms with Crippen molar-refractivity contribution in [3.63, 3.8) is 0 Å². The van der Waals surface area contributed by atoms with Crippen LogP contribution in [0.3, 0.4) is 0 Å². The van der Waals surface area contributed by atoms with Crippen LogP contribution in [0.4, 0.5) is 0 Å². The van der Waals surface area contributed by atoms with E-state index in [-0.39, 0.29) is 11.4 Å². The fourth-order valence-corrected chi connectivity index (χ4v) is 1.07. The van der Waals surface area contributed by atoms with Crippen molar-refractivity contribution in [2.75, 3.05) is 7.11 Å². The van der Waals surface area contributed by atoms with E-state index < -0.39 is 0 Å². The molecule has 0 saturated carbocycles. The van der Waals surface area contributed by atoms with Crippen LogP contribution in [-0.2, 0) is 9.53 Å². The molecule has 0 unspecified atom stereocenters. The number of hydrogen-bond donors (Lipinski definition) is 0. The second-order valence-electron chi connectivity index (χ2n) is 3.56. The van der Waals surface area contributed by atoms with E-state index >= 15 is 0 Å². The molecule has 0 aliphatic carbocycles. The minimum Gasteiger partial charge on any atom is -0.469 e. The van der Waals surface area contributed by atoms with E-state index in [0.29, 0.717) is 0 Å². The van der Waals surface area contributed by atoms with Crippen LogP contribution in [0.2, 0.25) is 0 Å². The second kappa shape index (κ2) is 4.96. The molecule has 70 valence electrons. The molecule has 0 spiro atoms. The van der Waals surface area contributed by atoms with Gasteiger partial charge in [0.1, 0.15) is 0 Å². The molecule has 0 aromatic carbocycles. The summed E-state index contributed by atoms with van der Waals surface area (Å²) in [5.41, 5.74) is -0.349. The predicted molar refractivity (Wildman–Crippen MR) is 49.8 cm³/mol. The summed E-state index contributed by atoms with van der Waals surface area (Å²) in [5.74, 6) is -0.133. The summed E-state index contributed by atoms with van der Waals surface area (Å²) in [6.07, 6.45) is 4.67. The molecule has 0 radical (unpaired) electrons. The summed E-state index contributed by atoms with van der Waals surface area (Å²) >= 11 is 0. The highest BCUT2D eigenvalue weighted by Gasteiger charge is 2.27. The molecule has 12 heavy (non-hydrogen) atoms. The minimum atomic E-state index is -0.349. The third-order valence-corrected chi connectivity index (χ3v) is 1.95. The van der Waals surface area contributed by atoms with Crippen molar-refractivity contribution < 1.29 is 9.53 Å². The molecule has 0 fully saturated rings. The average molecular weight is 170 g/mol. The third kappa shape index (κ3) is 3.56. The molecule has 0 atom stereocenters. The van der Waals surface area contributed by atoms with Crippen molar-refractivity contribution in [2.24, 2.45) is 5.41 Å². The molecular weight excluding hydrogens is 152 g/mol. The molecule has 0 N–H and O–H groups in total. The zero-order chi connectivity index (χ0) is 9.61. The van der Waals surface area contributed by atoms with Gasteiger partial charge in [-0.05, 0) is 33.1 Å². The first-order valence-corrected chi connectivity index (χ1v) is 4.24. The van der Waals surface area contributed by atoms with Gasteiger partial charge in [-0.3, -0.25) is 4.79 Å². The van der Waals surface area contributed by atoms with E-state index in [1.165, 1.54) is 7.11 Å². The molecule has 0 saturated heterocycles. The molecule has 0 aromatic rings. The van der Waals surface area contributed by atoms with Crippen LogP contribution in [0, 0.1) is 5.41 Å². The van der Waals surface area contributed by atoms with Crippen LogP contribution < -0.4 is 0 Å². The number of esters is 1. The fourth-order valence-electron chi connectivity index (χ4n) is 1.07. The first-order valence-electron chi connectivity index (χ1n) is 4.24. The lowest BCUT2D eigenvalue weighted by Crippen LogP contribution is -2.25. The Bertz CT molecular complexity index is 159. The van der Waals surface area contributed by atoms with Crippen molar-refractivity contribution in [1.82, 2.24) is 0 Å². The van der Waals surface area contributed by atoms with Crippen molar-refractivity contribution >= 4 is 5.97 Å². The van der Waals surface area contributed by atoms with Crippen LogP contribution in [0.25, 0.3) is 0 Å². The average Bonchev–Trinajstić information content (AvgIpc) is 2.03. The van der Waals surface area contributed by atoms with Crippen molar-refractivity contribution in [1.29, 1.82) is 0 Å². The summed E-state index contributed by atoms with van der Waals surface area (Å²) in [5, 5.41) is 0. The molecule has 0 heterocycles. The minimum absolute atomic E-state index is 0.133. The Balaban J connectivity index is 3.86. The number of ether oxygens (including phenoxy) is 1. The van der Waals surface area contributed by atoms with E-state index in [0.717, 1.165) is 19.3 Å². The molecule has 0 bridgehead atoms. The summed E-state index contributed by atoms with van der Waals surface area (Å²) < 4.78 is 4.68. The number of methoxy groups -OCH3 is 1. The number of rotatable bonds is 5. The van der Waals surface area contributed by atoms with E-state index in [1.807, 2.05) is 19.9 Å². The molecule has 0 amide bonds. The maximum Gasteiger partial charge on any atom is 0.311 e. The summed E-state index contributed by atoms with van der Waals surface area (Å²) in [7, 11) is 1.43. The standard InChI is InChI=1S/C10H18O2/c1-5-6-7-8-10(2,3)9(11)12-4/h5H,1,6-8H2,2-4H3. The largest absolute Gasteiger partial charge is 0.469 e. The van der Waals surface area contributed by atoms with Gasteiger partial charge in [0, 0.05) is 0 Å². The zero-order valence-electron chi connectivity index (χ0n) is 8.22. The fraction of sp³-hybridized carbons (Fsp3) is 0.700. The van der Waals surface area contributed by atoms with Crippen molar-refractivity contribution in [2.45, 2.75) is 33.1 Å². The first-order chi connectivity index (χ1) is 5.54. The topological polar surface area (TPSA) is 26.3 Å². The number of carbonyl (C=O) groups is 1. The van der Waals surface area contributed by atoms with Gasteiger partial charge < -0.3 is 4.74 Å². The molecule has 2 nitrogen and oxygen atoms in total. The molecule has 0 aromatic heterocycles. The highest BCUT2D eigenvalue weighted by atomic mass is 16.5. The van der Waals surface area contributed by atoms with E-state index in [1.54, 1.807) is 0 Å². The van der Waals surface area contributed by atoms with Gasteiger partial charge in [-0.1, -0.05) is 6.08 Å². The highest BCUT2D eigenvalue weighted by Crippen LogP contribution is 2.24. The normalized spacial score (nSPS) is 10.9. The Morgan fingerprint density at radius 3 is 2.58 bits per heavy atom. The zero-order valence-corrected chi connectivity index (χ0v) is 8.22. The molecule has 0 aliphatic heterocycles. The lowest BCUT2D eigenvalue weighted by atomic mass is 9.87. The Morgan fingerprint density at radius 2 is 2.17 bits per heavy atom. The Morgan fingerprint density at radius 1 is 1.58 bits per heavy atom. The van der Waals surface area contributed by atoms with Crippen LogP contribution in [-0.4, -0.2) is 13.1 Å². The van der Waals surface area contributed by atoms with Gasteiger partial charge in [0.15, 0.2) is 0 Å². The van der Waals surface area contributed by atoms with E-state index in [4.69, 9.17) is 0 Å². The van der Waals surface area contributed by atoms with E-state index in [9.17, 15) is 4.79 Å². The number of unbranched alkanes of at least 4 members (excludes halogenated alkanes) is 1. The van der Waals surface area contributed by atoms with Gasteiger partial charge in [-0.25, -0.2) is 0 Å². The maximum atomic E-state index is 11.2. The van der Waals surface area contributed by atoms with E-state index in [2.05, 4.69) is 11.3 Å². The first kappa shape index (κ1) is 11.2. The van der Waals surface area contributed by atoms with Gasteiger partial charge in [0.05, 0.1) is 12.5 Å². The highest BCUT2D eigenvalue weighted by molar-refractivity contribution is 5.75. The monoisotopic (exact) mass is 170 g/mol. The van der Waals surface area contributed by atoms with Crippen molar-refractivity contribution in [3.05, 3.63) is 12.7 Å². The molecule has 0 rings (SSSR count). The Kier molecular flexibility index (Phi) is 4.64. The van der Waals surface area contributed by atoms with Crippen LogP contribution in [0.1, 0.15) is 33.1 Å². The smallest absolute Gasteiger partial charge is 0.311 e. The predicted octanol–water partition coefficient (Wildman–Crippen LogP) is 2.54. The second-order valence-corrected chi connectivity index (χ2v) is 3.56. The van der Waals surface area contributed by atoms with Crippen LogP contribution >= 0.6 is 0 Å². The van der Waals surface area contributed by atoms with Gasteiger partial charge >= 0.3 is 5.97 Å². The Labute approximate surface area is 74.6 Å². The van der Waals surface area contributed by atoms with Gasteiger partial charge in [-0.15, -0.1) is 6.58 Å². The summed E-state index contributed by atoms with van der Waals surface area (Å²) in [6, 6.07) is 0. The summed E-state index contributed by atoms with van der Waals surface area (Å²) in [4.78, 5) is 11.2. The molecular formula is C10H18O2. The molecule has 2 heteroatoms. The quantitative estimate of drug-likeness (QED) is 0.360. The van der Waals surface area contributed by atoms with Crippen LogP contribution in [0.5, 0.6) is 0 Å². The van der Waals surface area contributed by atoms with Crippen molar-refractivity contribution in [3.8, 4) is 0 Å². The SMILES string of the molecule is C=CCCCC(C)(C)C(=O)OC. The number of hydrogen-bond acceptors (Lipinski definition) is 2.